The molecule has 0 saturated heterocycles. The van der Waals surface area contributed by atoms with Gasteiger partial charge in [-0.1, -0.05) is 0 Å². The van der Waals surface area contributed by atoms with Crippen LogP contribution in [0, 0.1) is 60.3 Å². The summed E-state index contributed by atoms with van der Waals surface area (Å²) in [6, 6.07) is 12.4. The Hall–Kier alpha value is -0.232. The molecular weight excluding hydrogens is 504 g/mol. The number of halogens is 2. The molecule has 0 aliphatic heterocycles. The van der Waals surface area contributed by atoms with Crippen LogP contribution in [0.2, 0.25) is 0.959 Å². The van der Waals surface area contributed by atoms with Gasteiger partial charge in [-0.05, 0) is 6.07 Å². The summed E-state index contributed by atoms with van der Waals surface area (Å²) in [6.07, 6.45) is 8.22. The van der Waals surface area contributed by atoms with E-state index < -0.39 is 11.6 Å². The second-order valence-electron chi connectivity index (χ2n) is 6.99. The first kappa shape index (κ1) is 17.6. The molecule has 0 amide bonds. The van der Waals surface area contributed by atoms with E-state index in [0.717, 1.165) is 24.4 Å². The first-order valence-corrected chi connectivity index (χ1v) is 13.4. The van der Waals surface area contributed by atoms with Gasteiger partial charge in [0.15, 0.2) is 11.6 Å². The van der Waals surface area contributed by atoms with Crippen LogP contribution in [0.4, 0.5) is 8.78 Å². The Bertz CT molecular complexity index is 643. The predicted octanol–water partition coefficient (Wildman–Crippen LogP) is 5.82. The second-order valence-corrected chi connectivity index (χ2v) is 13.7. The third kappa shape index (κ3) is 4.88. The van der Waals surface area contributed by atoms with Crippen molar-refractivity contribution < 1.29 is 51.6 Å². The van der Waals surface area contributed by atoms with Crippen molar-refractivity contribution in [2.75, 3.05) is 0 Å². The van der Waals surface area contributed by atoms with E-state index >= 15 is 0 Å². The fourth-order valence-electron chi connectivity index (χ4n) is 3.53. The average molecular weight is 526 g/mol. The van der Waals surface area contributed by atoms with Gasteiger partial charge in [-0.2, -0.15) is 0 Å². The second kappa shape index (κ2) is 8.23. The van der Waals surface area contributed by atoms with Crippen molar-refractivity contribution in [1.29, 1.82) is 0 Å². The Morgan fingerprint density at radius 1 is 0.826 bits per heavy atom. The SMILES string of the molecule is Fc1ccc(-c2ccc(CCC3CC[CH]([RaH])CC3)cc2)cc1F. The molecule has 3 rings (SSSR count). The molecule has 1 aliphatic rings. The summed E-state index contributed by atoms with van der Waals surface area (Å²) >= 11 is 0.705. The third-order valence-corrected chi connectivity index (χ3v) is 9.93. The topological polar surface area (TPSA) is 0 Å². The molecule has 118 valence electrons. The van der Waals surface area contributed by atoms with Crippen LogP contribution >= 0.6 is 0 Å². The van der Waals surface area contributed by atoms with Crippen molar-refractivity contribution in [2.24, 2.45) is 5.92 Å². The van der Waals surface area contributed by atoms with Gasteiger partial charge in [0.1, 0.15) is 0 Å². The van der Waals surface area contributed by atoms with Gasteiger partial charge in [0, 0.05) is 0 Å². The van der Waals surface area contributed by atoms with Gasteiger partial charge in [-0.25, -0.2) is 8.78 Å². The molecule has 0 heterocycles. The van der Waals surface area contributed by atoms with Crippen LogP contribution in [0.1, 0.15) is 37.7 Å². The Morgan fingerprint density at radius 2 is 1.48 bits per heavy atom. The van der Waals surface area contributed by atoms with E-state index in [1.54, 1.807) is 6.07 Å². The molecular formula is C20H22F2Ra. The van der Waals surface area contributed by atoms with Gasteiger partial charge in [0.25, 0.3) is 0 Å². The van der Waals surface area contributed by atoms with Crippen LogP contribution in [0.15, 0.2) is 42.5 Å². The molecule has 0 aromatic heterocycles. The number of hydrogen-bond acceptors (Lipinski definition) is 0. The summed E-state index contributed by atoms with van der Waals surface area (Å²) in [7, 11) is 0. The van der Waals surface area contributed by atoms with E-state index in [1.807, 2.05) is 12.1 Å². The summed E-state index contributed by atoms with van der Waals surface area (Å²) in [6.45, 7) is 0. The van der Waals surface area contributed by atoms with Gasteiger partial charge in [-0.3, -0.25) is 0 Å². The summed E-state index contributed by atoms with van der Waals surface area (Å²) in [5, 5.41) is 0. The smallest absolute Gasteiger partial charge is 0.204 e. The van der Waals surface area contributed by atoms with Crippen LogP contribution in [-0.2, 0) is 6.42 Å². The van der Waals surface area contributed by atoms with E-state index in [1.165, 1.54) is 49.8 Å². The fourth-order valence-corrected chi connectivity index (χ4v) is 6.27. The molecule has 0 radical (unpaired) electrons. The number of benzene rings is 2. The van der Waals surface area contributed by atoms with Gasteiger partial charge in [0.05, 0.1) is 0 Å². The quantitative estimate of drug-likeness (QED) is 0.471. The molecule has 0 bridgehead atoms. The van der Waals surface area contributed by atoms with Crippen LogP contribution in [-0.4, -0.2) is 0 Å². The van der Waals surface area contributed by atoms with E-state index in [2.05, 4.69) is 12.1 Å². The summed E-state index contributed by atoms with van der Waals surface area (Å²) in [4.78, 5) is 0. The van der Waals surface area contributed by atoms with Gasteiger partial charge in [0.2, 0.25) is 0 Å². The Labute approximate surface area is 166 Å². The zero-order valence-electron chi connectivity index (χ0n) is 13.7. The average Bonchev–Trinajstić information content (AvgIpc) is 2.57. The number of rotatable bonds is 4. The first-order valence-electron chi connectivity index (χ1n) is 8.66. The minimum Gasteiger partial charge on any atom is -0.204 e. The van der Waals surface area contributed by atoms with Crippen LogP contribution in [0.3, 0.4) is 0 Å². The standard InChI is InChI=1S/C20H21F2.Ra.H/c21-19-13-12-18(14-20(19)22)17-10-8-16(9-11-17)7-6-15-4-2-1-3-5-15;;/h1,8-15H,2-7H2;;. The summed E-state index contributed by atoms with van der Waals surface area (Å²) < 4.78 is 27.5. The zero-order valence-corrected chi connectivity index (χ0v) is 21.9. The van der Waals surface area contributed by atoms with Crippen LogP contribution in [0.25, 0.3) is 11.1 Å². The van der Waals surface area contributed by atoms with Crippen molar-refractivity contribution in [3.63, 3.8) is 0 Å². The first-order chi connectivity index (χ1) is 11.1. The Kier molecular flexibility index (Phi) is 6.30. The molecule has 3 heteroatoms. The molecule has 1 saturated carbocycles. The van der Waals surface area contributed by atoms with E-state index in [0.29, 0.717) is 42.8 Å². The van der Waals surface area contributed by atoms with Crippen LogP contribution in [0.5, 0.6) is 0 Å². The molecule has 2 aromatic rings. The number of hydrogen-bond donors (Lipinski definition) is 0. The van der Waals surface area contributed by atoms with Crippen molar-refractivity contribution in [2.45, 2.75) is 39.5 Å². The molecule has 2 aromatic carbocycles. The fraction of sp³-hybridized carbons (Fsp3) is 0.400. The molecule has 0 spiro atoms. The molecule has 23 heavy (non-hydrogen) atoms. The van der Waals surface area contributed by atoms with E-state index in [9.17, 15) is 8.78 Å². The maximum atomic E-state index is 13.3. The Balaban J connectivity index is 1.59. The normalized spacial score (nSPS) is 21.3. The van der Waals surface area contributed by atoms with Gasteiger partial charge in [-0.15, -0.1) is 0 Å². The van der Waals surface area contributed by atoms with E-state index in [-0.39, 0.29) is 0 Å². The van der Waals surface area contributed by atoms with Crippen molar-refractivity contribution in [3.05, 3.63) is 59.7 Å². The van der Waals surface area contributed by atoms with Crippen LogP contribution < -0.4 is 0 Å². The summed E-state index contributed by atoms with van der Waals surface area (Å²) in [5.41, 5.74) is 3.01. The molecule has 0 atom stereocenters. The van der Waals surface area contributed by atoms with Crippen molar-refractivity contribution in [1.82, 2.24) is 0 Å². The predicted molar refractivity (Wildman–Crippen MR) is 87.2 cm³/mol. The maximum absolute atomic E-state index is 13.3. The number of aryl methyl sites for hydroxylation is 1. The monoisotopic (exact) mass is 526 g/mol. The summed E-state index contributed by atoms with van der Waals surface area (Å²) in [5.74, 6) is -0.675. The molecule has 0 unspecified atom stereocenters. The third-order valence-electron chi connectivity index (χ3n) is 5.18. The molecule has 0 nitrogen and oxygen atoms in total. The van der Waals surface area contributed by atoms with Gasteiger partial charge < -0.3 is 0 Å². The van der Waals surface area contributed by atoms with Gasteiger partial charge >= 0.3 is 141 Å². The van der Waals surface area contributed by atoms with Crippen molar-refractivity contribution in [3.8, 4) is 11.1 Å². The minimum atomic E-state index is -0.795. The molecule has 0 N–H and O–H groups in total. The Morgan fingerprint density at radius 3 is 2.13 bits per heavy atom. The van der Waals surface area contributed by atoms with E-state index in [4.69, 9.17) is 0 Å². The molecule has 1 fully saturated rings. The zero-order chi connectivity index (χ0) is 16.2. The minimum absolute atomic E-state index is 0.705. The molecule has 1 aliphatic carbocycles. The van der Waals surface area contributed by atoms with Crippen molar-refractivity contribution >= 4 is 0 Å².